The van der Waals surface area contributed by atoms with Crippen LogP contribution in [0, 0.1) is 0 Å². The van der Waals surface area contributed by atoms with Crippen LogP contribution >= 0.6 is 0 Å². The minimum atomic E-state index is -1.26. The molecular formula is C27H27N3O5. The van der Waals surface area contributed by atoms with Gasteiger partial charge in [-0.1, -0.05) is 54.6 Å². The van der Waals surface area contributed by atoms with Crippen LogP contribution in [0.5, 0.6) is 11.5 Å². The van der Waals surface area contributed by atoms with E-state index >= 15 is 0 Å². The van der Waals surface area contributed by atoms with E-state index in [2.05, 4.69) is 10.6 Å². The number of urea groups is 1. The zero-order valence-corrected chi connectivity index (χ0v) is 19.6. The highest BCUT2D eigenvalue weighted by Gasteiger charge is 2.49. The van der Waals surface area contributed by atoms with E-state index in [0.29, 0.717) is 17.9 Å². The molecule has 3 aromatic rings. The van der Waals surface area contributed by atoms with Crippen molar-refractivity contribution in [2.75, 3.05) is 13.7 Å². The highest BCUT2D eigenvalue weighted by atomic mass is 16.5. The average Bonchev–Trinajstić information content (AvgIpc) is 3.11. The molecule has 2 N–H and O–H groups in total. The third-order valence-electron chi connectivity index (χ3n) is 5.98. The smallest absolute Gasteiger partial charge is 0.325 e. The Balaban J connectivity index is 1.36. The van der Waals surface area contributed by atoms with Crippen molar-refractivity contribution in [1.29, 1.82) is 0 Å². The maximum atomic E-state index is 13.1. The number of carbonyl (C=O) groups is 3. The Morgan fingerprint density at radius 1 is 0.914 bits per heavy atom. The molecule has 0 spiro atoms. The summed E-state index contributed by atoms with van der Waals surface area (Å²) in [7, 11) is 1.55. The number of carbonyl (C=O) groups excluding carboxylic acids is 3. The zero-order chi connectivity index (χ0) is 24.8. The van der Waals surface area contributed by atoms with Gasteiger partial charge < -0.3 is 20.1 Å². The summed E-state index contributed by atoms with van der Waals surface area (Å²) in [5, 5.41) is 5.51. The van der Waals surface area contributed by atoms with E-state index in [4.69, 9.17) is 9.47 Å². The SMILES string of the molecule is COc1ccc(C2(C)NC(=O)N(CC(=O)NCc3ccccc3COc3ccccc3)C2=O)cc1. The summed E-state index contributed by atoms with van der Waals surface area (Å²) in [6.45, 7) is 1.84. The topological polar surface area (TPSA) is 97.0 Å². The summed E-state index contributed by atoms with van der Waals surface area (Å²) in [5.41, 5.74) is 1.16. The van der Waals surface area contributed by atoms with Crippen molar-refractivity contribution in [2.24, 2.45) is 0 Å². The number of nitrogens with one attached hydrogen (secondary N) is 2. The van der Waals surface area contributed by atoms with E-state index in [9.17, 15) is 14.4 Å². The van der Waals surface area contributed by atoms with Gasteiger partial charge in [-0.15, -0.1) is 0 Å². The first-order valence-corrected chi connectivity index (χ1v) is 11.2. The largest absolute Gasteiger partial charge is 0.497 e. The van der Waals surface area contributed by atoms with Crippen molar-refractivity contribution in [1.82, 2.24) is 15.5 Å². The number of nitrogens with zero attached hydrogens (tertiary/aromatic N) is 1. The van der Waals surface area contributed by atoms with E-state index in [-0.39, 0.29) is 13.1 Å². The molecule has 1 saturated heterocycles. The van der Waals surface area contributed by atoms with Crippen LogP contribution in [0.3, 0.4) is 0 Å². The number of imide groups is 1. The molecule has 4 rings (SSSR count). The van der Waals surface area contributed by atoms with Gasteiger partial charge in [0.25, 0.3) is 5.91 Å². The molecule has 180 valence electrons. The fourth-order valence-electron chi connectivity index (χ4n) is 3.90. The lowest BCUT2D eigenvalue weighted by molar-refractivity contribution is -0.134. The first-order chi connectivity index (χ1) is 16.9. The molecule has 1 heterocycles. The van der Waals surface area contributed by atoms with Crippen LogP contribution in [0.1, 0.15) is 23.6 Å². The molecule has 3 aromatic carbocycles. The lowest BCUT2D eigenvalue weighted by atomic mass is 9.92. The van der Waals surface area contributed by atoms with Crippen LogP contribution < -0.4 is 20.1 Å². The Labute approximate surface area is 203 Å². The zero-order valence-electron chi connectivity index (χ0n) is 19.6. The van der Waals surface area contributed by atoms with Gasteiger partial charge in [0.2, 0.25) is 5.91 Å². The third-order valence-corrected chi connectivity index (χ3v) is 5.98. The van der Waals surface area contributed by atoms with E-state index in [0.717, 1.165) is 21.8 Å². The minimum Gasteiger partial charge on any atom is -0.497 e. The van der Waals surface area contributed by atoms with Gasteiger partial charge in [-0.2, -0.15) is 0 Å². The average molecular weight is 474 g/mol. The highest BCUT2D eigenvalue weighted by molar-refractivity contribution is 6.09. The standard InChI is InChI=1S/C27H27N3O5/c1-27(21-12-14-22(34-2)15-13-21)25(32)30(26(33)29-27)17-24(31)28-16-19-8-6-7-9-20(19)18-35-23-10-4-3-5-11-23/h3-15H,16-18H2,1-2H3,(H,28,31)(H,29,33). The fourth-order valence-corrected chi connectivity index (χ4v) is 3.90. The fraction of sp³-hybridized carbons (Fsp3) is 0.222. The molecule has 35 heavy (non-hydrogen) atoms. The first-order valence-electron chi connectivity index (χ1n) is 11.2. The Morgan fingerprint density at radius 3 is 2.26 bits per heavy atom. The van der Waals surface area contributed by atoms with Crippen LogP contribution in [0.15, 0.2) is 78.9 Å². The molecule has 0 bridgehead atoms. The van der Waals surface area contributed by atoms with Crippen molar-refractivity contribution in [2.45, 2.75) is 25.6 Å². The van der Waals surface area contributed by atoms with Gasteiger partial charge in [0.05, 0.1) is 7.11 Å². The minimum absolute atomic E-state index is 0.243. The maximum absolute atomic E-state index is 13.1. The number of benzene rings is 3. The van der Waals surface area contributed by atoms with Crippen LogP contribution in [-0.4, -0.2) is 36.4 Å². The summed E-state index contributed by atoms with van der Waals surface area (Å²) in [4.78, 5) is 39.2. The summed E-state index contributed by atoms with van der Waals surface area (Å²) in [6, 6.07) is 23.3. The third kappa shape index (κ3) is 5.27. The molecule has 1 fully saturated rings. The van der Waals surface area contributed by atoms with Gasteiger partial charge in [0.15, 0.2) is 0 Å². The second-order valence-electron chi connectivity index (χ2n) is 8.32. The quantitative estimate of drug-likeness (QED) is 0.465. The van der Waals surface area contributed by atoms with Crippen LogP contribution in [-0.2, 0) is 28.3 Å². The molecule has 1 aliphatic heterocycles. The van der Waals surface area contributed by atoms with Crippen molar-refractivity contribution >= 4 is 17.8 Å². The van der Waals surface area contributed by atoms with Crippen LogP contribution in [0.25, 0.3) is 0 Å². The normalized spacial score (nSPS) is 17.1. The maximum Gasteiger partial charge on any atom is 0.325 e. The molecule has 0 radical (unpaired) electrons. The molecule has 8 nitrogen and oxygen atoms in total. The van der Waals surface area contributed by atoms with Crippen molar-refractivity contribution in [3.8, 4) is 11.5 Å². The number of hydrogen-bond acceptors (Lipinski definition) is 5. The van der Waals surface area contributed by atoms with Gasteiger partial charge in [-0.05, 0) is 47.9 Å². The van der Waals surface area contributed by atoms with Crippen LogP contribution in [0.2, 0.25) is 0 Å². The first kappa shape index (κ1) is 23.8. The van der Waals surface area contributed by atoms with E-state index in [1.54, 1.807) is 38.3 Å². The number of para-hydroxylation sites is 1. The summed E-state index contributed by atoms with van der Waals surface area (Å²) in [6.07, 6.45) is 0. The molecule has 0 saturated carbocycles. The summed E-state index contributed by atoms with van der Waals surface area (Å²) < 4.78 is 11.0. The Morgan fingerprint density at radius 2 is 1.57 bits per heavy atom. The predicted molar refractivity (Wildman–Crippen MR) is 130 cm³/mol. The van der Waals surface area contributed by atoms with Crippen LogP contribution in [0.4, 0.5) is 4.79 Å². The molecule has 0 aromatic heterocycles. The molecule has 1 unspecified atom stereocenters. The van der Waals surface area contributed by atoms with Gasteiger partial charge in [-0.25, -0.2) is 4.79 Å². The Bertz CT molecular complexity index is 1210. The van der Waals surface area contributed by atoms with Gasteiger partial charge >= 0.3 is 6.03 Å². The lowest BCUT2D eigenvalue weighted by Crippen LogP contribution is -2.43. The molecular weight excluding hydrogens is 446 g/mol. The van der Waals surface area contributed by atoms with Gasteiger partial charge in [0.1, 0.15) is 30.2 Å². The molecule has 1 aliphatic rings. The molecule has 8 heteroatoms. The van der Waals surface area contributed by atoms with Crippen molar-refractivity contribution in [3.63, 3.8) is 0 Å². The van der Waals surface area contributed by atoms with E-state index in [1.165, 1.54) is 0 Å². The number of amides is 4. The van der Waals surface area contributed by atoms with E-state index < -0.39 is 23.4 Å². The summed E-state index contributed by atoms with van der Waals surface area (Å²) in [5.74, 6) is 0.468. The predicted octanol–water partition coefficient (Wildman–Crippen LogP) is 3.36. The Kier molecular flexibility index (Phi) is 7.01. The van der Waals surface area contributed by atoms with Gasteiger partial charge in [0, 0.05) is 6.54 Å². The molecule has 0 aliphatic carbocycles. The van der Waals surface area contributed by atoms with Gasteiger partial charge in [-0.3, -0.25) is 14.5 Å². The number of rotatable bonds is 9. The van der Waals surface area contributed by atoms with E-state index in [1.807, 2.05) is 54.6 Å². The lowest BCUT2D eigenvalue weighted by Gasteiger charge is -2.22. The highest BCUT2D eigenvalue weighted by Crippen LogP contribution is 2.30. The molecule has 1 atom stereocenters. The second-order valence-corrected chi connectivity index (χ2v) is 8.32. The number of ether oxygens (including phenoxy) is 2. The number of methoxy groups -OCH3 is 1. The molecule has 4 amide bonds. The monoisotopic (exact) mass is 473 g/mol. The van der Waals surface area contributed by atoms with Crippen molar-refractivity contribution < 1.29 is 23.9 Å². The summed E-state index contributed by atoms with van der Waals surface area (Å²) >= 11 is 0. The number of hydrogen-bond donors (Lipinski definition) is 2. The Hall–Kier alpha value is -4.33. The van der Waals surface area contributed by atoms with Crippen molar-refractivity contribution in [3.05, 3.63) is 95.6 Å². The second kappa shape index (κ2) is 10.3.